The fourth-order valence-corrected chi connectivity index (χ4v) is 4.80. The van der Waals surface area contributed by atoms with Crippen LogP contribution in [0.4, 0.5) is 31.8 Å². The molecule has 3 aromatic carbocycles. The Balaban J connectivity index is 0.000000555. The van der Waals surface area contributed by atoms with Crippen molar-refractivity contribution in [2.24, 2.45) is 0 Å². The summed E-state index contributed by atoms with van der Waals surface area (Å²) in [7, 11) is 0. The number of carbonyl (C=O) groups is 3. The molecule has 5 N–H and O–H groups in total. The van der Waals surface area contributed by atoms with Gasteiger partial charge in [-0.3, -0.25) is 9.69 Å². The quantitative estimate of drug-likeness (QED) is 0.156. The molecule has 12 nitrogen and oxygen atoms in total. The van der Waals surface area contributed by atoms with Gasteiger partial charge in [-0.1, -0.05) is 36.9 Å². The van der Waals surface area contributed by atoms with E-state index >= 15 is 8.78 Å². The molecule has 0 saturated carbocycles. The molecule has 1 fully saturated rings. The fourth-order valence-electron chi connectivity index (χ4n) is 4.80. The van der Waals surface area contributed by atoms with Gasteiger partial charge in [-0.15, -0.1) is 0 Å². The Labute approximate surface area is 268 Å². The van der Waals surface area contributed by atoms with Crippen LogP contribution in [-0.2, 0) is 14.4 Å². The number of halogens is 2. The molecule has 47 heavy (non-hydrogen) atoms. The van der Waals surface area contributed by atoms with Crippen molar-refractivity contribution >= 4 is 51.8 Å². The summed E-state index contributed by atoms with van der Waals surface area (Å²) in [4.78, 5) is 43.6. The van der Waals surface area contributed by atoms with Crippen molar-refractivity contribution in [2.75, 3.05) is 54.9 Å². The van der Waals surface area contributed by atoms with Crippen LogP contribution in [0, 0.1) is 11.6 Å². The summed E-state index contributed by atoms with van der Waals surface area (Å²) in [6.07, 6.45) is 3.93. The van der Waals surface area contributed by atoms with Crippen LogP contribution in [0.25, 0.3) is 22.0 Å². The number of hydrogen-bond acceptors (Lipinski definition) is 9. The molecule has 0 unspecified atom stereocenters. The van der Waals surface area contributed by atoms with Crippen molar-refractivity contribution in [3.8, 4) is 11.1 Å². The van der Waals surface area contributed by atoms with Crippen molar-refractivity contribution in [1.82, 2.24) is 14.9 Å². The number of aliphatic hydroxyl groups is 1. The molecule has 4 aromatic rings. The number of β-amino-alcohol motifs (C(OH)–C–C–N with tert-alkyl or cyclic N) is 1. The van der Waals surface area contributed by atoms with Crippen molar-refractivity contribution in [1.29, 1.82) is 0 Å². The molecular weight excluding hydrogens is 614 g/mol. The SMILES string of the molecule is C=CC(=O)Nc1cccc(-c2cccc3cnc(Nc4ccc(N5CCN(CCO)CC5)c(F)c4F)nc23)c1.O=C(O)C=CC(=O)O. The molecule has 1 aliphatic rings. The zero-order chi connectivity index (χ0) is 33.9. The smallest absolute Gasteiger partial charge is 0.328 e. The normalized spacial score (nSPS) is 13.1. The number of aliphatic hydroxyl groups excluding tert-OH is 1. The number of aliphatic carboxylic acids is 2. The molecule has 244 valence electrons. The number of fused-ring (bicyclic) bond motifs is 1. The molecule has 0 spiro atoms. The molecule has 1 aromatic heterocycles. The van der Waals surface area contributed by atoms with Crippen LogP contribution < -0.4 is 15.5 Å². The predicted molar refractivity (Wildman–Crippen MR) is 174 cm³/mol. The van der Waals surface area contributed by atoms with Crippen molar-refractivity contribution in [3.63, 3.8) is 0 Å². The summed E-state index contributed by atoms with van der Waals surface area (Å²) >= 11 is 0. The molecule has 0 atom stereocenters. The summed E-state index contributed by atoms with van der Waals surface area (Å²) in [5.74, 6) is -4.65. The Morgan fingerprint density at radius 3 is 2.30 bits per heavy atom. The number of piperazine rings is 1. The highest BCUT2D eigenvalue weighted by molar-refractivity contribution is 6.00. The number of nitrogens with zero attached hydrogens (tertiary/aromatic N) is 4. The Bertz CT molecular complexity index is 1790. The number of anilines is 4. The average Bonchev–Trinajstić information content (AvgIpc) is 3.06. The van der Waals surface area contributed by atoms with Crippen LogP contribution in [0.3, 0.4) is 0 Å². The molecule has 2 heterocycles. The highest BCUT2D eigenvalue weighted by atomic mass is 19.2. The van der Waals surface area contributed by atoms with E-state index in [0.29, 0.717) is 56.1 Å². The molecule has 5 rings (SSSR count). The largest absolute Gasteiger partial charge is 0.478 e. The second-order valence-corrected chi connectivity index (χ2v) is 10.2. The van der Waals surface area contributed by atoms with Gasteiger partial charge in [0, 0.05) is 67.7 Å². The first-order chi connectivity index (χ1) is 22.6. The molecular formula is C33H32F2N6O6. The number of aromatic nitrogens is 2. The molecule has 1 amide bonds. The van der Waals surface area contributed by atoms with Crippen LogP contribution >= 0.6 is 0 Å². The third-order valence-corrected chi connectivity index (χ3v) is 7.04. The lowest BCUT2D eigenvalue weighted by Crippen LogP contribution is -2.47. The molecule has 0 aliphatic carbocycles. The van der Waals surface area contributed by atoms with E-state index in [1.807, 2.05) is 36.4 Å². The lowest BCUT2D eigenvalue weighted by molar-refractivity contribution is -0.134. The van der Waals surface area contributed by atoms with Gasteiger partial charge in [0.25, 0.3) is 0 Å². The highest BCUT2D eigenvalue weighted by Gasteiger charge is 2.23. The maximum Gasteiger partial charge on any atom is 0.328 e. The number of carboxylic acid groups (broad SMARTS) is 2. The summed E-state index contributed by atoms with van der Waals surface area (Å²) in [6.45, 7) is 6.52. The summed E-state index contributed by atoms with van der Waals surface area (Å²) in [6, 6.07) is 16.0. The Kier molecular flexibility index (Phi) is 11.6. The number of amides is 1. The predicted octanol–water partition coefficient (Wildman–Crippen LogP) is 4.27. The van der Waals surface area contributed by atoms with Crippen LogP contribution in [0.15, 0.2) is 85.6 Å². The van der Waals surface area contributed by atoms with Crippen LogP contribution in [0.2, 0.25) is 0 Å². The van der Waals surface area contributed by atoms with E-state index in [-0.39, 0.29) is 29.8 Å². The second kappa shape index (κ2) is 16.0. The molecule has 1 saturated heterocycles. The Hall–Kier alpha value is -5.73. The number of nitrogens with one attached hydrogen (secondary N) is 2. The molecule has 0 bridgehead atoms. The van der Waals surface area contributed by atoms with Gasteiger partial charge in [0.1, 0.15) is 0 Å². The van der Waals surface area contributed by atoms with Crippen LogP contribution in [-0.4, -0.2) is 87.4 Å². The third-order valence-electron chi connectivity index (χ3n) is 7.04. The van der Waals surface area contributed by atoms with Gasteiger partial charge in [-0.25, -0.2) is 28.3 Å². The van der Waals surface area contributed by atoms with E-state index < -0.39 is 23.6 Å². The minimum atomic E-state index is -1.26. The lowest BCUT2D eigenvalue weighted by Gasteiger charge is -2.36. The molecule has 14 heteroatoms. The van der Waals surface area contributed by atoms with Gasteiger partial charge < -0.3 is 30.9 Å². The van der Waals surface area contributed by atoms with E-state index in [1.54, 1.807) is 23.2 Å². The van der Waals surface area contributed by atoms with Gasteiger partial charge >= 0.3 is 11.9 Å². The van der Waals surface area contributed by atoms with Gasteiger partial charge in [0.15, 0.2) is 11.6 Å². The van der Waals surface area contributed by atoms with Gasteiger partial charge in [-0.2, -0.15) is 0 Å². The van der Waals surface area contributed by atoms with Crippen LogP contribution in [0.1, 0.15) is 0 Å². The average molecular weight is 647 g/mol. The first-order valence-electron chi connectivity index (χ1n) is 14.4. The standard InChI is InChI=1S/C29H28F2N6O2.C4H4O4/c1-2-25(39)33-21-7-3-5-19(17-21)22-8-4-6-20-18-32-29(35-28(20)22)34-23-9-10-24(27(31)26(23)30)37-13-11-36(12-14-37)15-16-38;5-3(6)1-2-4(7)8/h2-10,17-18,38H,1,11-16H2,(H,33,39)(H,32,34,35);1-2H,(H,5,6)(H,7,8). The minimum absolute atomic E-state index is 0.0684. The summed E-state index contributed by atoms with van der Waals surface area (Å²) in [5.41, 5.74) is 2.95. The summed E-state index contributed by atoms with van der Waals surface area (Å²) in [5, 5.41) is 31.1. The summed E-state index contributed by atoms with van der Waals surface area (Å²) < 4.78 is 30.2. The van der Waals surface area contributed by atoms with Crippen molar-refractivity contribution in [3.05, 3.63) is 97.2 Å². The number of hydrogen-bond donors (Lipinski definition) is 5. The maximum absolute atomic E-state index is 15.1. The Morgan fingerprint density at radius 2 is 1.64 bits per heavy atom. The number of rotatable bonds is 10. The van der Waals surface area contributed by atoms with E-state index in [4.69, 9.17) is 15.3 Å². The van der Waals surface area contributed by atoms with Gasteiger partial charge in [0.2, 0.25) is 11.9 Å². The number of carboxylic acids is 2. The van der Waals surface area contributed by atoms with E-state index in [9.17, 15) is 14.4 Å². The number of carbonyl (C=O) groups excluding carboxylic acids is 1. The second-order valence-electron chi connectivity index (χ2n) is 10.2. The van der Waals surface area contributed by atoms with Crippen molar-refractivity contribution < 1.29 is 38.5 Å². The first-order valence-corrected chi connectivity index (χ1v) is 14.4. The van der Waals surface area contributed by atoms with Crippen LogP contribution in [0.5, 0.6) is 0 Å². The number of para-hydroxylation sites is 1. The number of benzene rings is 3. The zero-order valence-electron chi connectivity index (χ0n) is 25.1. The van der Waals surface area contributed by atoms with E-state index in [1.165, 1.54) is 12.1 Å². The van der Waals surface area contributed by atoms with Gasteiger partial charge in [0.05, 0.1) is 23.5 Å². The Morgan fingerprint density at radius 1 is 0.936 bits per heavy atom. The van der Waals surface area contributed by atoms with Crippen molar-refractivity contribution in [2.45, 2.75) is 0 Å². The first kappa shape index (κ1) is 34.1. The minimum Gasteiger partial charge on any atom is -0.478 e. The monoisotopic (exact) mass is 646 g/mol. The zero-order valence-corrected chi connectivity index (χ0v) is 25.1. The van der Waals surface area contributed by atoms with Gasteiger partial charge in [-0.05, 0) is 35.9 Å². The maximum atomic E-state index is 15.1. The highest BCUT2D eigenvalue weighted by Crippen LogP contribution is 2.32. The van der Waals surface area contributed by atoms with E-state index in [2.05, 4.69) is 32.1 Å². The molecule has 0 radical (unpaired) electrons. The molecule has 1 aliphatic heterocycles. The third kappa shape index (κ3) is 9.15. The lowest BCUT2D eigenvalue weighted by atomic mass is 10.0. The fraction of sp³-hybridized carbons (Fsp3) is 0.182. The topological polar surface area (TPSA) is 168 Å². The van der Waals surface area contributed by atoms with E-state index in [0.717, 1.165) is 16.5 Å².